The smallest absolute Gasteiger partial charge is 0.343 e. The van der Waals surface area contributed by atoms with E-state index in [0.717, 1.165) is 54.4 Å². The molecular weight excluding hydrogens is 475 g/mol. The Morgan fingerprint density at radius 3 is 2.81 bits per heavy atom. The summed E-state index contributed by atoms with van der Waals surface area (Å²) in [4.78, 5) is 31.0. The minimum Gasteiger partial charge on any atom is -0.458 e. The van der Waals surface area contributed by atoms with Crippen LogP contribution in [-0.4, -0.2) is 40.8 Å². The van der Waals surface area contributed by atoms with Crippen LogP contribution in [0.25, 0.3) is 22.3 Å². The standard InChI is InChI=1S/C28H31FN4O4/c1-4-28(36)18-10-22-25-16(12-33(22)26(34)17(18)13-37-27(28)35)24-20(31-9-5-8-30-3)7-6-15-14(2)19(29)11-21(32-25)23(15)24/h10-11,20,30-31,36H,4-9,12-13H2,1-3H3/t20-,28-/m0/s1. The van der Waals surface area contributed by atoms with Crippen LogP contribution in [0, 0.1) is 12.7 Å². The van der Waals surface area contributed by atoms with Crippen molar-refractivity contribution in [1.29, 1.82) is 0 Å². The highest BCUT2D eigenvalue weighted by atomic mass is 19.1. The zero-order chi connectivity index (χ0) is 26.1. The van der Waals surface area contributed by atoms with Gasteiger partial charge < -0.3 is 25.0 Å². The molecule has 0 bridgehead atoms. The number of aromatic nitrogens is 2. The van der Waals surface area contributed by atoms with Crippen LogP contribution in [0.3, 0.4) is 0 Å². The van der Waals surface area contributed by atoms with Crippen LogP contribution in [0.5, 0.6) is 0 Å². The fraction of sp³-hybridized carbons (Fsp3) is 0.464. The minimum absolute atomic E-state index is 0.0468. The van der Waals surface area contributed by atoms with Crippen LogP contribution in [0.2, 0.25) is 0 Å². The number of cyclic esters (lactones) is 1. The molecule has 194 valence electrons. The van der Waals surface area contributed by atoms with E-state index in [2.05, 4.69) is 10.6 Å². The normalized spacial score (nSPS) is 21.5. The third kappa shape index (κ3) is 3.41. The van der Waals surface area contributed by atoms with Gasteiger partial charge in [0.25, 0.3) is 5.56 Å². The highest BCUT2D eigenvalue weighted by Gasteiger charge is 2.45. The third-order valence-corrected chi connectivity index (χ3v) is 8.37. The third-order valence-electron chi connectivity index (χ3n) is 8.37. The number of halogens is 1. The molecule has 3 N–H and O–H groups in total. The Balaban J connectivity index is 1.59. The number of esters is 1. The average Bonchev–Trinajstić information content (AvgIpc) is 3.26. The Hall–Kier alpha value is -3.14. The van der Waals surface area contributed by atoms with E-state index in [4.69, 9.17) is 9.72 Å². The SMILES string of the molecule is CC[C@@]1(O)C(=O)OCc2c1cc1n(c2=O)Cc2c-1nc1cc(F)c(C)c3c1c2[C@@H](NCCCNC)CC3. The molecule has 2 aromatic heterocycles. The molecule has 0 fully saturated rings. The summed E-state index contributed by atoms with van der Waals surface area (Å²) >= 11 is 0. The van der Waals surface area contributed by atoms with Gasteiger partial charge in [-0.25, -0.2) is 14.2 Å². The van der Waals surface area contributed by atoms with Crippen molar-refractivity contribution >= 4 is 16.9 Å². The summed E-state index contributed by atoms with van der Waals surface area (Å²) < 4.78 is 21.8. The first-order chi connectivity index (χ1) is 17.8. The lowest BCUT2D eigenvalue weighted by Gasteiger charge is -2.31. The summed E-state index contributed by atoms with van der Waals surface area (Å²) in [6.07, 6.45) is 2.62. The van der Waals surface area contributed by atoms with Crippen LogP contribution in [0.15, 0.2) is 16.9 Å². The molecule has 0 saturated carbocycles. The van der Waals surface area contributed by atoms with Crippen molar-refractivity contribution in [1.82, 2.24) is 20.2 Å². The predicted molar refractivity (Wildman–Crippen MR) is 137 cm³/mol. The fourth-order valence-corrected chi connectivity index (χ4v) is 6.30. The summed E-state index contributed by atoms with van der Waals surface area (Å²) in [7, 11) is 1.93. The van der Waals surface area contributed by atoms with Crippen molar-refractivity contribution < 1.29 is 19.0 Å². The van der Waals surface area contributed by atoms with E-state index < -0.39 is 11.6 Å². The second kappa shape index (κ2) is 8.72. The Kier molecular flexibility index (Phi) is 5.70. The molecule has 0 unspecified atom stereocenters. The molecule has 2 aliphatic heterocycles. The Morgan fingerprint density at radius 1 is 1.24 bits per heavy atom. The number of pyridine rings is 2. The number of hydrogen-bond acceptors (Lipinski definition) is 7. The van der Waals surface area contributed by atoms with Crippen LogP contribution in [0.1, 0.15) is 65.6 Å². The first kappa shape index (κ1) is 24.2. The largest absolute Gasteiger partial charge is 0.458 e. The van der Waals surface area contributed by atoms with Crippen LogP contribution in [-0.2, 0) is 34.7 Å². The zero-order valence-electron chi connectivity index (χ0n) is 21.3. The van der Waals surface area contributed by atoms with Crippen LogP contribution < -0.4 is 16.2 Å². The van der Waals surface area contributed by atoms with E-state index in [9.17, 15) is 19.1 Å². The molecule has 3 aromatic rings. The van der Waals surface area contributed by atoms with E-state index in [-0.39, 0.29) is 36.0 Å². The Bertz CT molecular complexity index is 1530. The maximum atomic E-state index is 15.0. The number of nitrogens with zero attached hydrogens (tertiary/aromatic N) is 2. The second-order valence-corrected chi connectivity index (χ2v) is 10.3. The van der Waals surface area contributed by atoms with Gasteiger partial charge in [0.1, 0.15) is 12.4 Å². The monoisotopic (exact) mass is 506 g/mol. The predicted octanol–water partition coefficient (Wildman–Crippen LogP) is 2.71. The first-order valence-electron chi connectivity index (χ1n) is 13.0. The van der Waals surface area contributed by atoms with Gasteiger partial charge in [-0.2, -0.15) is 0 Å². The summed E-state index contributed by atoms with van der Waals surface area (Å²) in [5.41, 5.74) is 3.77. The maximum Gasteiger partial charge on any atom is 0.343 e. The number of rotatable bonds is 6. The van der Waals surface area contributed by atoms with Gasteiger partial charge in [0.15, 0.2) is 5.60 Å². The van der Waals surface area contributed by atoms with Gasteiger partial charge in [0.2, 0.25) is 0 Å². The van der Waals surface area contributed by atoms with Gasteiger partial charge >= 0.3 is 5.97 Å². The quantitative estimate of drug-likeness (QED) is 0.273. The van der Waals surface area contributed by atoms with Gasteiger partial charge in [0, 0.05) is 28.6 Å². The van der Waals surface area contributed by atoms with Gasteiger partial charge in [-0.05, 0) is 75.5 Å². The molecule has 0 spiro atoms. The number of ether oxygens (including phenoxy) is 1. The Labute approximate surface area is 213 Å². The number of aryl methyl sites for hydroxylation is 1. The Morgan fingerprint density at radius 2 is 2.05 bits per heavy atom. The van der Waals surface area contributed by atoms with Crippen molar-refractivity contribution in [3.05, 3.63) is 61.7 Å². The summed E-state index contributed by atoms with van der Waals surface area (Å²) in [5, 5.41) is 19.0. The van der Waals surface area contributed by atoms with Gasteiger partial charge in [0.05, 0.1) is 29.0 Å². The molecule has 8 nitrogen and oxygen atoms in total. The summed E-state index contributed by atoms with van der Waals surface area (Å²) in [6, 6.07) is 3.24. The van der Waals surface area contributed by atoms with E-state index in [1.54, 1.807) is 17.6 Å². The second-order valence-electron chi connectivity index (χ2n) is 10.3. The molecular formula is C28H31FN4O4. The molecule has 1 aliphatic carbocycles. The van der Waals surface area contributed by atoms with Crippen molar-refractivity contribution in [2.75, 3.05) is 20.1 Å². The van der Waals surface area contributed by atoms with Gasteiger partial charge in [-0.3, -0.25) is 4.79 Å². The lowest BCUT2D eigenvalue weighted by molar-refractivity contribution is -0.172. The fourth-order valence-electron chi connectivity index (χ4n) is 6.30. The zero-order valence-corrected chi connectivity index (χ0v) is 21.3. The number of aliphatic hydroxyl groups is 1. The average molecular weight is 507 g/mol. The molecule has 1 aromatic carbocycles. The summed E-state index contributed by atoms with van der Waals surface area (Å²) in [6.45, 7) is 5.39. The van der Waals surface area contributed by atoms with Crippen molar-refractivity contribution in [3.63, 3.8) is 0 Å². The maximum absolute atomic E-state index is 15.0. The highest BCUT2D eigenvalue weighted by molar-refractivity contribution is 5.93. The molecule has 2 atom stereocenters. The lowest BCUT2D eigenvalue weighted by Crippen LogP contribution is -2.44. The number of carbonyl (C=O) groups excluding carboxylic acids is 1. The number of nitrogens with one attached hydrogen (secondary N) is 2. The minimum atomic E-state index is -1.88. The number of hydrogen-bond donors (Lipinski definition) is 3. The molecule has 6 rings (SSSR count). The molecule has 0 radical (unpaired) electrons. The summed E-state index contributed by atoms with van der Waals surface area (Å²) in [5.74, 6) is -1.04. The first-order valence-corrected chi connectivity index (χ1v) is 13.0. The number of benzene rings is 1. The molecule has 0 amide bonds. The highest BCUT2D eigenvalue weighted by Crippen LogP contribution is 2.45. The number of fused-ring (bicyclic) bond motifs is 5. The number of carbonyl (C=O) groups is 1. The van der Waals surface area contributed by atoms with E-state index in [1.165, 1.54) is 6.07 Å². The van der Waals surface area contributed by atoms with E-state index >= 15 is 0 Å². The van der Waals surface area contributed by atoms with E-state index in [1.807, 2.05) is 14.0 Å². The van der Waals surface area contributed by atoms with Gasteiger partial charge in [-0.15, -0.1) is 0 Å². The van der Waals surface area contributed by atoms with Crippen LogP contribution in [0.4, 0.5) is 4.39 Å². The van der Waals surface area contributed by atoms with Gasteiger partial charge in [-0.1, -0.05) is 6.92 Å². The van der Waals surface area contributed by atoms with Crippen LogP contribution >= 0.6 is 0 Å². The molecule has 4 heterocycles. The molecule has 37 heavy (non-hydrogen) atoms. The molecule has 9 heteroatoms. The molecule has 0 saturated heterocycles. The van der Waals surface area contributed by atoms with E-state index in [0.29, 0.717) is 34.6 Å². The van der Waals surface area contributed by atoms with Crippen molar-refractivity contribution in [2.45, 2.75) is 64.3 Å². The van der Waals surface area contributed by atoms with Crippen molar-refractivity contribution in [2.24, 2.45) is 0 Å². The molecule has 3 aliphatic rings. The lowest BCUT2D eigenvalue weighted by atomic mass is 9.81. The topological polar surface area (TPSA) is 105 Å². The van der Waals surface area contributed by atoms with Crippen molar-refractivity contribution in [3.8, 4) is 11.4 Å².